The minimum absolute atomic E-state index is 0.167. The maximum Gasteiger partial charge on any atom is 0.338 e. The van der Waals surface area contributed by atoms with Gasteiger partial charge in [-0.05, 0) is 56.0 Å². The lowest BCUT2D eigenvalue weighted by molar-refractivity contribution is -0.140. The SMILES string of the molecule is CC1=C(C(=O)OCC(C)C)C(c2cccc(NC(=O)c3ccc(C)cc3)c2)N2CCCSC2=N1. The molecule has 0 spiro atoms. The Hall–Kier alpha value is -3.06. The first kappa shape index (κ1) is 24.1. The lowest BCUT2D eigenvalue weighted by Crippen LogP contribution is -2.42. The molecule has 1 saturated heterocycles. The lowest BCUT2D eigenvalue weighted by atomic mass is 9.94. The van der Waals surface area contributed by atoms with Crippen molar-refractivity contribution in [1.29, 1.82) is 0 Å². The highest BCUT2D eigenvalue weighted by molar-refractivity contribution is 8.13. The summed E-state index contributed by atoms with van der Waals surface area (Å²) in [6.45, 7) is 9.08. The molecule has 1 N–H and O–H groups in total. The maximum absolute atomic E-state index is 13.2. The van der Waals surface area contributed by atoms with Crippen LogP contribution >= 0.6 is 11.8 Å². The first-order valence-corrected chi connectivity index (χ1v) is 12.7. The van der Waals surface area contributed by atoms with E-state index in [1.54, 1.807) is 11.8 Å². The van der Waals surface area contributed by atoms with E-state index in [1.165, 1.54) is 0 Å². The Bertz CT molecular complexity index is 1140. The summed E-state index contributed by atoms with van der Waals surface area (Å²) < 4.78 is 5.64. The van der Waals surface area contributed by atoms with Gasteiger partial charge in [-0.3, -0.25) is 4.79 Å². The zero-order valence-electron chi connectivity index (χ0n) is 20.1. The predicted molar refractivity (Wildman–Crippen MR) is 138 cm³/mol. The van der Waals surface area contributed by atoms with Gasteiger partial charge in [-0.1, -0.05) is 55.4 Å². The number of fused-ring (bicyclic) bond motifs is 1. The summed E-state index contributed by atoms with van der Waals surface area (Å²) in [7, 11) is 0. The average Bonchev–Trinajstić information content (AvgIpc) is 2.82. The third kappa shape index (κ3) is 5.36. The number of nitrogens with zero attached hydrogens (tertiary/aromatic N) is 2. The summed E-state index contributed by atoms with van der Waals surface area (Å²) in [5.41, 5.74) is 4.56. The van der Waals surface area contributed by atoms with Crippen molar-refractivity contribution in [3.8, 4) is 0 Å². The fourth-order valence-electron chi connectivity index (χ4n) is 4.09. The number of hydrogen-bond donors (Lipinski definition) is 1. The van der Waals surface area contributed by atoms with Crippen LogP contribution in [0.25, 0.3) is 0 Å². The summed E-state index contributed by atoms with van der Waals surface area (Å²) >= 11 is 1.71. The van der Waals surface area contributed by atoms with Crippen LogP contribution in [0.2, 0.25) is 0 Å². The van der Waals surface area contributed by atoms with Crippen molar-refractivity contribution in [2.24, 2.45) is 10.9 Å². The molecular weight excluding hydrogens is 446 g/mol. The number of allylic oxidation sites excluding steroid dienone is 1. The summed E-state index contributed by atoms with van der Waals surface area (Å²) in [5, 5.41) is 3.93. The van der Waals surface area contributed by atoms with Gasteiger partial charge in [0.05, 0.1) is 23.9 Å². The Balaban J connectivity index is 1.66. The van der Waals surface area contributed by atoms with Gasteiger partial charge in [0.2, 0.25) is 0 Å². The van der Waals surface area contributed by atoms with Gasteiger partial charge in [0.1, 0.15) is 0 Å². The van der Waals surface area contributed by atoms with E-state index in [0.717, 1.165) is 35.0 Å². The molecule has 7 heteroatoms. The molecular formula is C27H31N3O3S. The molecule has 0 saturated carbocycles. The molecule has 0 bridgehead atoms. The Morgan fingerprint density at radius 1 is 1.18 bits per heavy atom. The van der Waals surface area contributed by atoms with Gasteiger partial charge in [0.25, 0.3) is 5.91 Å². The molecule has 1 amide bonds. The number of amides is 1. The number of carbonyl (C=O) groups is 2. The second kappa shape index (κ2) is 10.5. The number of hydrogen-bond acceptors (Lipinski definition) is 6. The number of thioether (sulfide) groups is 1. The van der Waals surface area contributed by atoms with Crippen molar-refractivity contribution in [2.45, 2.75) is 40.2 Å². The smallest absolute Gasteiger partial charge is 0.338 e. The number of aryl methyl sites for hydroxylation is 1. The minimum Gasteiger partial charge on any atom is -0.462 e. The monoisotopic (exact) mass is 477 g/mol. The van der Waals surface area contributed by atoms with Crippen molar-refractivity contribution in [2.75, 3.05) is 24.2 Å². The number of benzene rings is 2. The van der Waals surface area contributed by atoms with Gasteiger partial charge < -0.3 is 15.0 Å². The van der Waals surface area contributed by atoms with Gasteiger partial charge in [-0.25, -0.2) is 9.79 Å². The Kier molecular flexibility index (Phi) is 7.41. The number of ether oxygens (including phenoxy) is 1. The maximum atomic E-state index is 13.2. The molecule has 2 aliphatic heterocycles. The number of esters is 1. The van der Waals surface area contributed by atoms with Crippen molar-refractivity contribution >= 4 is 34.5 Å². The molecule has 2 aromatic rings. The van der Waals surface area contributed by atoms with Crippen LogP contribution < -0.4 is 5.32 Å². The Morgan fingerprint density at radius 2 is 1.94 bits per heavy atom. The Morgan fingerprint density at radius 3 is 2.68 bits per heavy atom. The highest BCUT2D eigenvalue weighted by Gasteiger charge is 2.38. The molecule has 1 unspecified atom stereocenters. The normalized spacial score (nSPS) is 17.9. The molecule has 0 radical (unpaired) electrons. The van der Waals surface area contributed by atoms with Gasteiger partial charge >= 0.3 is 5.97 Å². The van der Waals surface area contributed by atoms with Crippen LogP contribution in [0, 0.1) is 12.8 Å². The standard InChI is InChI=1S/C27H31N3O3S/c1-17(2)16-33-26(32)23-19(4)28-27-30(13-6-14-34-27)24(23)21-7-5-8-22(15-21)29-25(31)20-11-9-18(3)10-12-20/h5,7-12,15,17,24H,6,13-14,16H2,1-4H3,(H,29,31). The van der Waals surface area contributed by atoms with Crippen LogP contribution in [-0.4, -0.2) is 40.8 Å². The van der Waals surface area contributed by atoms with E-state index >= 15 is 0 Å². The summed E-state index contributed by atoms with van der Waals surface area (Å²) in [4.78, 5) is 32.9. The topological polar surface area (TPSA) is 71.0 Å². The van der Waals surface area contributed by atoms with Crippen LogP contribution in [0.5, 0.6) is 0 Å². The molecule has 178 valence electrons. The second-order valence-electron chi connectivity index (χ2n) is 9.13. The van der Waals surface area contributed by atoms with Crippen LogP contribution in [0.4, 0.5) is 5.69 Å². The van der Waals surface area contributed by atoms with E-state index < -0.39 is 0 Å². The van der Waals surface area contributed by atoms with E-state index in [4.69, 9.17) is 9.73 Å². The van der Waals surface area contributed by atoms with Crippen molar-refractivity contribution in [3.63, 3.8) is 0 Å². The van der Waals surface area contributed by atoms with Gasteiger partial charge in [-0.15, -0.1) is 0 Å². The molecule has 1 atom stereocenters. The van der Waals surface area contributed by atoms with E-state index in [-0.39, 0.29) is 23.8 Å². The minimum atomic E-state index is -0.330. The van der Waals surface area contributed by atoms with Crippen molar-refractivity contribution in [1.82, 2.24) is 4.90 Å². The molecule has 4 rings (SSSR count). The van der Waals surface area contributed by atoms with E-state index in [9.17, 15) is 9.59 Å². The average molecular weight is 478 g/mol. The summed E-state index contributed by atoms with van der Waals surface area (Å²) in [5.74, 6) is 0.759. The molecule has 0 aliphatic carbocycles. The highest BCUT2D eigenvalue weighted by atomic mass is 32.2. The lowest BCUT2D eigenvalue weighted by Gasteiger charge is -2.40. The van der Waals surface area contributed by atoms with Crippen molar-refractivity contribution in [3.05, 3.63) is 76.5 Å². The summed E-state index contributed by atoms with van der Waals surface area (Å²) in [6, 6.07) is 14.9. The number of aliphatic imine (C=N–C) groups is 1. The van der Waals surface area contributed by atoms with Crippen LogP contribution in [-0.2, 0) is 9.53 Å². The number of nitrogens with one attached hydrogen (secondary N) is 1. The molecule has 6 nitrogen and oxygen atoms in total. The fraction of sp³-hybridized carbons (Fsp3) is 0.370. The fourth-order valence-corrected chi connectivity index (χ4v) is 5.11. The van der Waals surface area contributed by atoms with Crippen molar-refractivity contribution < 1.29 is 14.3 Å². The number of amidine groups is 1. The first-order valence-electron chi connectivity index (χ1n) is 11.7. The molecule has 1 fully saturated rings. The molecule has 2 aliphatic rings. The number of anilines is 1. The summed E-state index contributed by atoms with van der Waals surface area (Å²) in [6.07, 6.45) is 1.01. The van der Waals surface area contributed by atoms with Crippen LogP contribution in [0.3, 0.4) is 0 Å². The zero-order valence-corrected chi connectivity index (χ0v) is 20.9. The zero-order chi connectivity index (χ0) is 24.2. The van der Waals surface area contributed by atoms with Crippen LogP contribution in [0.15, 0.2) is 64.8 Å². The van der Waals surface area contributed by atoms with Crippen LogP contribution in [0.1, 0.15) is 54.7 Å². The molecule has 34 heavy (non-hydrogen) atoms. The van der Waals surface area contributed by atoms with Gasteiger partial charge in [0.15, 0.2) is 5.17 Å². The first-order chi connectivity index (χ1) is 16.3. The Labute approximate surface area is 205 Å². The quantitative estimate of drug-likeness (QED) is 0.551. The largest absolute Gasteiger partial charge is 0.462 e. The number of rotatable bonds is 6. The predicted octanol–water partition coefficient (Wildman–Crippen LogP) is 5.57. The molecule has 2 heterocycles. The third-order valence-electron chi connectivity index (χ3n) is 5.80. The molecule has 0 aromatic heterocycles. The highest BCUT2D eigenvalue weighted by Crippen LogP contribution is 2.40. The van der Waals surface area contributed by atoms with E-state index in [2.05, 4.69) is 10.2 Å². The van der Waals surface area contributed by atoms with E-state index in [0.29, 0.717) is 29.1 Å². The second-order valence-corrected chi connectivity index (χ2v) is 10.2. The van der Waals surface area contributed by atoms with Gasteiger partial charge in [-0.2, -0.15) is 0 Å². The molecule has 2 aromatic carbocycles. The van der Waals surface area contributed by atoms with E-state index in [1.807, 2.05) is 76.2 Å². The van der Waals surface area contributed by atoms with Gasteiger partial charge in [0, 0.05) is 23.5 Å². The third-order valence-corrected chi connectivity index (χ3v) is 6.88. The number of carbonyl (C=O) groups excluding carboxylic acids is 2.